The van der Waals surface area contributed by atoms with Gasteiger partial charge in [0, 0.05) is 6.42 Å². The molecule has 0 saturated carbocycles. The van der Waals surface area contributed by atoms with Crippen molar-refractivity contribution in [2.45, 2.75) is 26.3 Å². The summed E-state index contributed by atoms with van der Waals surface area (Å²) in [6.07, 6.45) is 3.65. The summed E-state index contributed by atoms with van der Waals surface area (Å²) in [6, 6.07) is 7.90. The molecule has 0 aliphatic rings. The lowest BCUT2D eigenvalue weighted by Crippen LogP contribution is -2.25. The maximum Gasteiger partial charge on any atom is 0.220 e. The van der Waals surface area contributed by atoms with Crippen molar-refractivity contribution < 1.29 is 4.79 Å². The molecule has 0 bridgehead atoms. The smallest absolute Gasteiger partial charge is 0.220 e. The second-order valence-corrected chi connectivity index (χ2v) is 4.07. The third-order valence-corrected chi connectivity index (χ3v) is 2.77. The van der Waals surface area contributed by atoms with Crippen molar-refractivity contribution in [1.82, 2.24) is 20.1 Å². The molecule has 1 N–H and O–H groups in total. The van der Waals surface area contributed by atoms with Crippen LogP contribution in [0.2, 0.25) is 0 Å². The van der Waals surface area contributed by atoms with Crippen LogP contribution in [0.15, 0.2) is 36.9 Å². The van der Waals surface area contributed by atoms with Crippen LogP contribution in [0.4, 0.5) is 0 Å². The van der Waals surface area contributed by atoms with Crippen molar-refractivity contribution in [2.75, 3.05) is 0 Å². The Labute approximate surface area is 106 Å². The molecule has 5 nitrogen and oxygen atoms in total. The fourth-order valence-electron chi connectivity index (χ4n) is 1.68. The van der Waals surface area contributed by atoms with Gasteiger partial charge in [-0.1, -0.05) is 19.1 Å². The average Bonchev–Trinajstić information content (AvgIpc) is 2.92. The Balaban J connectivity index is 2.10. The number of rotatable bonds is 4. The fraction of sp³-hybridized carbons (Fsp3) is 0.308. The Morgan fingerprint density at radius 2 is 2.11 bits per heavy atom. The molecule has 0 aliphatic carbocycles. The molecule has 94 valence electrons. The topological polar surface area (TPSA) is 59.8 Å². The lowest BCUT2D eigenvalue weighted by Gasteiger charge is -2.14. The lowest BCUT2D eigenvalue weighted by molar-refractivity contribution is -0.121. The van der Waals surface area contributed by atoms with Gasteiger partial charge in [-0.05, 0) is 24.6 Å². The molecule has 5 heteroatoms. The van der Waals surface area contributed by atoms with Gasteiger partial charge in [0.2, 0.25) is 5.91 Å². The molecule has 0 saturated heterocycles. The Morgan fingerprint density at radius 3 is 2.67 bits per heavy atom. The van der Waals surface area contributed by atoms with Gasteiger partial charge in [0.15, 0.2) is 0 Å². The Hall–Kier alpha value is -2.17. The maximum atomic E-state index is 11.3. The third kappa shape index (κ3) is 2.74. The number of carbonyl (C=O) groups is 1. The first kappa shape index (κ1) is 12.3. The highest BCUT2D eigenvalue weighted by atomic mass is 16.1. The van der Waals surface area contributed by atoms with Crippen LogP contribution in [0.5, 0.6) is 0 Å². The molecule has 0 aliphatic heterocycles. The quantitative estimate of drug-likeness (QED) is 0.893. The first-order chi connectivity index (χ1) is 8.70. The van der Waals surface area contributed by atoms with Crippen molar-refractivity contribution in [2.24, 2.45) is 0 Å². The molecule has 1 heterocycles. The van der Waals surface area contributed by atoms with E-state index in [1.54, 1.807) is 11.0 Å². The van der Waals surface area contributed by atoms with Gasteiger partial charge in [-0.3, -0.25) is 4.79 Å². The van der Waals surface area contributed by atoms with Crippen LogP contribution in [-0.2, 0) is 4.79 Å². The minimum absolute atomic E-state index is 0.0160. The normalized spacial score (nSPS) is 12.1. The van der Waals surface area contributed by atoms with Gasteiger partial charge in [0.25, 0.3) is 0 Å². The van der Waals surface area contributed by atoms with Gasteiger partial charge >= 0.3 is 0 Å². The summed E-state index contributed by atoms with van der Waals surface area (Å²) < 4.78 is 1.69. The summed E-state index contributed by atoms with van der Waals surface area (Å²) in [5.74, 6) is 0.0582. The van der Waals surface area contributed by atoms with E-state index in [0.29, 0.717) is 6.42 Å². The molecule has 0 radical (unpaired) electrons. The number of hydrogen-bond donors (Lipinski definition) is 1. The molecule has 0 spiro atoms. The van der Waals surface area contributed by atoms with Crippen LogP contribution in [0.3, 0.4) is 0 Å². The zero-order valence-electron chi connectivity index (χ0n) is 10.5. The zero-order chi connectivity index (χ0) is 13.0. The van der Waals surface area contributed by atoms with Crippen LogP contribution >= 0.6 is 0 Å². The minimum atomic E-state index is 0.0160. The van der Waals surface area contributed by atoms with Gasteiger partial charge in [-0.15, -0.1) is 0 Å². The Kier molecular flexibility index (Phi) is 3.72. The van der Waals surface area contributed by atoms with Gasteiger partial charge in [-0.2, -0.15) is 5.10 Å². The third-order valence-electron chi connectivity index (χ3n) is 2.77. The summed E-state index contributed by atoms with van der Waals surface area (Å²) in [4.78, 5) is 15.2. The molecule has 1 aromatic heterocycles. The Morgan fingerprint density at radius 1 is 1.39 bits per heavy atom. The summed E-state index contributed by atoms with van der Waals surface area (Å²) in [6.45, 7) is 3.81. The number of aromatic nitrogens is 3. The van der Waals surface area contributed by atoms with E-state index in [9.17, 15) is 4.79 Å². The average molecular weight is 244 g/mol. The number of nitrogens with zero attached hydrogens (tertiary/aromatic N) is 3. The van der Waals surface area contributed by atoms with Crippen LogP contribution in [0, 0.1) is 0 Å². The number of hydrogen-bond acceptors (Lipinski definition) is 3. The minimum Gasteiger partial charge on any atom is -0.350 e. The lowest BCUT2D eigenvalue weighted by atomic mass is 10.1. The van der Waals surface area contributed by atoms with E-state index in [-0.39, 0.29) is 11.9 Å². The number of nitrogens with one attached hydrogen (secondary N) is 1. The summed E-state index contributed by atoms with van der Waals surface area (Å²) in [5.41, 5.74) is 2.02. The van der Waals surface area contributed by atoms with Crippen molar-refractivity contribution in [3.63, 3.8) is 0 Å². The number of carbonyl (C=O) groups excluding carboxylic acids is 1. The number of benzene rings is 1. The van der Waals surface area contributed by atoms with E-state index in [1.807, 2.05) is 38.1 Å². The maximum absolute atomic E-state index is 11.3. The largest absolute Gasteiger partial charge is 0.350 e. The fourth-order valence-corrected chi connectivity index (χ4v) is 1.68. The first-order valence-electron chi connectivity index (χ1n) is 5.95. The van der Waals surface area contributed by atoms with Gasteiger partial charge in [0.05, 0.1) is 11.7 Å². The predicted octanol–water partition coefficient (Wildman–Crippen LogP) is 1.85. The summed E-state index contributed by atoms with van der Waals surface area (Å²) in [5, 5.41) is 6.98. The molecular formula is C13H16N4O. The molecular weight excluding hydrogens is 228 g/mol. The molecule has 18 heavy (non-hydrogen) atoms. The SMILES string of the molecule is CCC(=O)N[C@@H](C)c1ccc(-n2cncn2)cc1. The molecule has 2 rings (SSSR count). The van der Waals surface area contributed by atoms with Crippen molar-refractivity contribution in [3.8, 4) is 5.69 Å². The van der Waals surface area contributed by atoms with E-state index in [2.05, 4.69) is 15.4 Å². The van der Waals surface area contributed by atoms with Crippen LogP contribution in [-0.4, -0.2) is 20.7 Å². The van der Waals surface area contributed by atoms with Crippen LogP contribution in [0.25, 0.3) is 5.69 Å². The van der Waals surface area contributed by atoms with E-state index in [0.717, 1.165) is 11.3 Å². The van der Waals surface area contributed by atoms with Gasteiger partial charge < -0.3 is 5.32 Å². The van der Waals surface area contributed by atoms with E-state index in [4.69, 9.17) is 0 Å². The second kappa shape index (κ2) is 5.44. The van der Waals surface area contributed by atoms with Crippen molar-refractivity contribution >= 4 is 5.91 Å². The molecule has 0 unspecified atom stereocenters. The second-order valence-electron chi connectivity index (χ2n) is 4.07. The predicted molar refractivity (Wildman–Crippen MR) is 68.2 cm³/mol. The monoisotopic (exact) mass is 244 g/mol. The first-order valence-corrected chi connectivity index (χ1v) is 5.95. The van der Waals surface area contributed by atoms with E-state index < -0.39 is 0 Å². The van der Waals surface area contributed by atoms with Crippen LogP contribution < -0.4 is 5.32 Å². The van der Waals surface area contributed by atoms with Crippen LogP contribution in [0.1, 0.15) is 31.9 Å². The molecule has 2 aromatic rings. The summed E-state index contributed by atoms with van der Waals surface area (Å²) >= 11 is 0. The highest BCUT2D eigenvalue weighted by Gasteiger charge is 2.08. The van der Waals surface area contributed by atoms with Gasteiger partial charge in [-0.25, -0.2) is 9.67 Å². The van der Waals surface area contributed by atoms with E-state index >= 15 is 0 Å². The standard InChI is InChI=1S/C13H16N4O/c1-3-13(18)16-10(2)11-4-6-12(7-5-11)17-9-14-8-15-17/h4-10H,3H2,1-2H3,(H,16,18)/t10-/m0/s1. The van der Waals surface area contributed by atoms with E-state index in [1.165, 1.54) is 6.33 Å². The van der Waals surface area contributed by atoms with Crippen molar-refractivity contribution in [3.05, 3.63) is 42.5 Å². The molecule has 1 aromatic carbocycles. The highest BCUT2D eigenvalue weighted by molar-refractivity contribution is 5.76. The van der Waals surface area contributed by atoms with Gasteiger partial charge in [0.1, 0.15) is 12.7 Å². The highest BCUT2D eigenvalue weighted by Crippen LogP contribution is 2.15. The number of amides is 1. The molecule has 0 fully saturated rings. The molecule has 1 atom stereocenters. The Bertz CT molecular complexity index is 504. The zero-order valence-corrected chi connectivity index (χ0v) is 10.5. The van der Waals surface area contributed by atoms with Crippen molar-refractivity contribution in [1.29, 1.82) is 0 Å². The summed E-state index contributed by atoms with van der Waals surface area (Å²) in [7, 11) is 0. The molecule has 1 amide bonds.